The van der Waals surface area contributed by atoms with Crippen LogP contribution < -0.4 is 92.7 Å². The zero-order valence-electron chi connectivity index (χ0n) is 75.3. The Bertz CT molecular complexity index is 3550. The van der Waals surface area contributed by atoms with Gasteiger partial charge in [0.1, 0.15) is 17.2 Å². The average molecular weight is 1570 g/mol. The topological polar surface area (TPSA) is 182 Å². The number of ether oxygens (including phenoxy) is 3. The van der Waals surface area contributed by atoms with Gasteiger partial charge >= 0.3 is 0 Å². The molecule has 18 heteroatoms. The van der Waals surface area contributed by atoms with Crippen LogP contribution in [0.15, 0.2) is 231 Å². The molecule has 0 amide bonds. The summed E-state index contributed by atoms with van der Waals surface area (Å²) in [6.45, 7) is 22.9. The van der Waals surface area contributed by atoms with E-state index in [1.54, 1.807) is 21.3 Å². The third-order valence-electron chi connectivity index (χ3n) is 16.8. The molecule has 0 fully saturated rings. The first-order chi connectivity index (χ1) is 54.9. The molecule has 0 aliphatic rings. The van der Waals surface area contributed by atoms with Gasteiger partial charge in [0.25, 0.3) is 0 Å². The van der Waals surface area contributed by atoms with E-state index in [0.29, 0.717) is 5.41 Å². The monoisotopic (exact) mass is 1570 g/mol. The maximum Gasteiger partial charge on any atom is 0.123 e. The summed E-state index contributed by atoms with van der Waals surface area (Å²) in [4.78, 5) is 6.34. The van der Waals surface area contributed by atoms with Crippen LogP contribution in [0.5, 0.6) is 17.2 Å². The van der Waals surface area contributed by atoms with Gasteiger partial charge in [0, 0.05) is 162 Å². The van der Waals surface area contributed by atoms with E-state index in [1.807, 2.05) is 165 Å². The minimum atomic E-state index is 0.542. The van der Waals surface area contributed by atoms with Gasteiger partial charge in [-0.2, -0.15) is 0 Å². The van der Waals surface area contributed by atoms with E-state index >= 15 is 0 Å². The predicted molar refractivity (Wildman–Crippen MR) is 504 cm³/mol. The second-order valence-corrected chi connectivity index (χ2v) is 28.1. The minimum absolute atomic E-state index is 0.542. The highest BCUT2D eigenvalue weighted by Gasteiger charge is 2.05. The van der Waals surface area contributed by atoms with Crippen LogP contribution in [0, 0.1) is 5.41 Å². The Labute approximate surface area is 694 Å². The fourth-order valence-corrected chi connectivity index (χ4v) is 10.0. The van der Waals surface area contributed by atoms with Crippen LogP contribution in [0.2, 0.25) is 0 Å². The van der Waals surface area contributed by atoms with E-state index in [2.05, 4.69) is 306 Å². The molecular weight excluding hydrogens is 1410 g/mol. The smallest absolute Gasteiger partial charge is 0.123 e. The van der Waals surface area contributed by atoms with Gasteiger partial charge in [-0.3, -0.25) is 0 Å². The van der Waals surface area contributed by atoms with Crippen LogP contribution >= 0.6 is 0 Å². The lowest BCUT2D eigenvalue weighted by atomic mass is 9.94. The minimum Gasteiger partial charge on any atom is -0.497 e. The molecule has 0 aliphatic carbocycles. The highest BCUT2D eigenvalue weighted by atomic mass is 16.5. The van der Waals surface area contributed by atoms with Crippen molar-refractivity contribution in [2.24, 2.45) is 5.41 Å². The SMILES string of the molecule is C=CCCCC.CCC(C)(C)C.CNCc1ccc(N(C)C)cc1.CNCc1ccc(NC)cc1.CNCc1ccc(OC)cc1.CNCc1cccc(N(C)C)c1.CNCc1cccc(NC)c1.CNCc1cccc(OC)c1.CNCc1ccccc1N(C)C.CNCc1ccccc1NC.CNCc1ccccc1OC. The Morgan fingerprint density at radius 3 is 1.15 bits per heavy atom. The number of allylic oxidation sites excluding steroid dienone is 1. The lowest BCUT2D eigenvalue weighted by Gasteiger charge is -2.16. The molecule has 0 spiro atoms. The zero-order chi connectivity index (χ0) is 85.6. The molecule has 12 N–H and O–H groups in total. The summed E-state index contributed by atoms with van der Waals surface area (Å²) in [7, 11) is 40.7. The fraction of sp³-hybridized carbons (Fsp3) is 0.417. The van der Waals surface area contributed by atoms with Gasteiger partial charge in [-0.15, -0.1) is 6.58 Å². The van der Waals surface area contributed by atoms with Crippen molar-refractivity contribution in [3.63, 3.8) is 0 Å². The van der Waals surface area contributed by atoms with Gasteiger partial charge < -0.3 is 92.7 Å². The third kappa shape index (κ3) is 53.5. The number of nitrogens with one attached hydrogen (secondary N) is 12. The molecule has 0 radical (unpaired) electrons. The quantitative estimate of drug-likeness (QED) is 0.0151. The largest absolute Gasteiger partial charge is 0.497 e. The van der Waals surface area contributed by atoms with Crippen molar-refractivity contribution in [3.8, 4) is 17.2 Å². The summed E-state index contributed by atoms with van der Waals surface area (Å²) < 4.78 is 15.3. The Balaban J connectivity index is 0. The van der Waals surface area contributed by atoms with Gasteiger partial charge in [0.05, 0.1) is 21.3 Å². The normalized spacial score (nSPS) is 9.77. The van der Waals surface area contributed by atoms with Crippen LogP contribution in [0.1, 0.15) is 110 Å². The molecular formula is C96H155N15O3. The van der Waals surface area contributed by atoms with Gasteiger partial charge in [-0.05, 0) is 211 Å². The number of para-hydroxylation sites is 3. The van der Waals surface area contributed by atoms with E-state index in [4.69, 9.17) is 14.2 Å². The molecule has 18 nitrogen and oxygen atoms in total. The first kappa shape index (κ1) is 107. The molecule has 0 unspecified atom stereocenters. The van der Waals surface area contributed by atoms with Crippen molar-refractivity contribution in [1.82, 2.24) is 47.9 Å². The molecule has 0 heterocycles. The van der Waals surface area contributed by atoms with E-state index in [1.165, 1.54) is 98.5 Å². The van der Waals surface area contributed by atoms with E-state index in [0.717, 1.165) is 87.5 Å². The summed E-state index contributed by atoms with van der Waals surface area (Å²) in [5, 5.41) is 37.3. The van der Waals surface area contributed by atoms with E-state index in [9.17, 15) is 0 Å². The highest BCUT2D eigenvalue weighted by Crippen LogP contribution is 2.21. The molecule has 0 saturated carbocycles. The Hall–Kier alpha value is -9.44. The van der Waals surface area contributed by atoms with Crippen molar-refractivity contribution in [1.29, 1.82) is 0 Å². The summed E-state index contributed by atoms with van der Waals surface area (Å²) in [6, 6.07) is 74.5. The number of benzene rings is 9. The summed E-state index contributed by atoms with van der Waals surface area (Å²) in [6.07, 6.45) is 6.99. The van der Waals surface area contributed by atoms with Gasteiger partial charge in [0.2, 0.25) is 0 Å². The number of rotatable bonds is 30. The molecule has 0 saturated heterocycles. The van der Waals surface area contributed by atoms with Crippen molar-refractivity contribution >= 4 is 34.1 Å². The molecule has 0 bridgehead atoms. The molecule has 114 heavy (non-hydrogen) atoms. The number of hydrogen-bond donors (Lipinski definition) is 12. The second kappa shape index (κ2) is 70.2. The number of nitrogens with zero attached hydrogens (tertiary/aromatic N) is 3. The predicted octanol–water partition coefficient (Wildman–Crippen LogP) is 17.8. The number of hydrogen-bond acceptors (Lipinski definition) is 18. The summed E-state index contributed by atoms with van der Waals surface area (Å²) >= 11 is 0. The average Bonchev–Trinajstić information content (AvgIpc) is 0.868. The molecule has 9 rings (SSSR count). The van der Waals surface area contributed by atoms with Crippen molar-refractivity contribution < 1.29 is 14.2 Å². The Morgan fingerprint density at radius 1 is 0.333 bits per heavy atom. The maximum absolute atomic E-state index is 5.16. The third-order valence-corrected chi connectivity index (χ3v) is 16.8. The van der Waals surface area contributed by atoms with Crippen LogP contribution in [0.4, 0.5) is 34.1 Å². The van der Waals surface area contributed by atoms with E-state index < -0.39 is 0 Å². The Kier molecular flexibility index (Phi) is 65.7. The van der Waals surface area contributed by atoms with E-state index in [-0.39, 0.29) is 0 Å². The second-order valence-electron chi connectivity index (χ2n) is 28.1. The molecule has 9 aromatic carbocycles. The zero-order valence-corrected chi connectivity index (χ0v) is 75.3. The summed E-state index contributed by atoms with van der Waals surface area (Å²) in [5.41, 5.74) is 19.5. The molecule has 0 aromatic heterocycles. The lowest BCUT2D eigenvalue weighted by Crippen LogP contribution is -2.14. The van der Waals surface area contributed by atoms with Crippen molar-refractivity contribution in [3.05, 3.63) is 281 Å². The van der Waals surface area contributed by atoms with Gasteiger partial charge in [-0.25, -0.2) is 0 Å². The fourth-order valence-electron chi connectivity index (χ4n) is 10.0. The lowest BCUT2D eigenvalue weighted by molar-refractivity contribution is 0.398. The number of unbranched alkanes of at least 4 members (excludes halogenated alkanes) is 2. The van der Waals surface area contributed by atoms with Crippen molar-refractivity contribution in [2.75, 3.05) is 179 Å². The van der Waals surface area contributed by atoms with Crippen LogP contribution in [0.3, 0.4) is 0 Å². The number of methoxy groups -OCH3 is 3. The maximum atomic E-state index is 5.16. The molecule has 9 aromatic rings. The molecule has 0 aliphatic heterocycles. The van der Waals surface area contributed by atoms with Crippen LogP contribution in [0.25, 0.3) is 0 Å². The molecule has 632 valence electrons. The van der Waals surface area contributed by atoms with Crippen LogP contribution in [-0.2, 0) is 58.9 Å². The Morgan fingerprint density at radius 2 is 0.728 bits per heavy atom. The van der Waals surface area contributed by atoms with Crippen molar-refractivity contribution in [2.45, 2.75) is 119 Å². The van der Waals surface area contributed by atoms with Crippen LogP contribution in [-0.4, -0.2) is 148 Å². The highest BCUT2D eigenvalue weighted by molar-refractivity contribution is 5.53. The molecule has 0 atom stereocenters. The first-order valence-electron chi connectivity index (χ1n) is 39.8. The summed E-state index contributed by atoms with van der Waals surface area (Å²) in [5.74, 6) is 2.77. The number of anilines is 6. The van der Waals surface area contributed by atoms with Gasteiger partial charge in [0.15, 0.2) is 0 Å². The standard InChI is InChI=1S/3C10H16N2.3C9H14N2.3C9H13NO.C6H14.C6H12/c1-11-8-9-4-6-10(7-5-9)12(2)3;1-11-8-9-5-4-6-10(7-9)12(2)3;1-11-8-9-6-4-5-7-10(9)12(2)3;1-10-7-8-3-5-9(11-2)6-4-8;1-10-7-8-4-3-5-9(6-8)11-2;1-10-7-8-5-3-4-6-9(8)11-2;1-10-7-8-3-5-9(11-2)6-4-8;1-10-7-8-4-3-5-9(6-8)11-2;1-10-7-8-5-3-4-6-9(8)11-2;1-5-6(2,3)4;1-3-5-6-4-2/h3*4-7,11H,8H2,1-3H3;3*3-6,10-11H,7H2,1-2H3;3*3-6,10H,7H2,1-2H3;5H2,1-4H3;3H,1,4-6H2,2H3. The van der Waals surface area contributed by atoms with Gasteiger partial charge in [-0.1, -0.05) is 187 Å². The first-order valence-corrected chi connectivity index (χ1v) is 39.8.